The van der Waals surface area contributed by atoms with Crippen molar-refractivity contribution in [3.63, 3.8) is 0 Å². The van der Waals surface area contributed by atoms with Gasteiger partial charge >= 0.3 is 0 Å². The van der Waals surface area contributed by atoms with Crippen LogP contribution in [0.25, 0.3) is 0 Å². The third kappa shape index (κ3) is 4.56. The van der Waals surface area contributed by atoms with Crippen molar-refractivity contribution in [1.29, 1.82) is 0 Å². The van der Waals surface area contributed by atoms with Crippen molar-refractivity contribution in [3.05, 3.63) is 53.8 Å². The van der Waals surface area contributed by atoms with Crippen molar-refractivity contribution < 1.29 is 23.7 Å². The molecule has 0 aromatic heterocycles. The Labute approximate surface area is 189 Å². The van der Waals surface area contributed by atoms with Crippen molar-refractivity contribution in [3.8, 4) is 11.5 Å². The van der Waals surface area contributed by atoms with Crippen molar-refractivity contribution in [2.24, 2.45) is 5.92 Å². The summed E-state index contributed by atoms with van der Waals surface area (Å²) < 4.78 is 32.0. The van der Waals surface area contributed by atoms with Gasteiger partial charge in [-0.2, -0.15) is 0 Å². The second kappa shape index (κ2) is 9.65. The second-order valence-electron chi connectivity index (χ2n) is 8.88. The maximum Gasteiger partial charge on any atom is 0.146 e. The zero-order valence-electron chi connectivity index (χ0n) is 19.0. The molecule has 0 aliphatic carbocycles. The number of nitrogens with zero attached hydrogens (tertiary/aromatic N) is 1. The van der Waals surface area contributed by atoms with Gasteiger partial charge in [-0.05, 0) is 36.2 Å². The number of nitrogens with one attached hydrogen (secondary N) is 1. The Balaban J connectivity index is 1.44. The minimum Gasteiger partial charge on any atom is -0.497 e. The lowest BCUT2D eigenvalue weighted by Crippen LogP contribution is -2.44. The molecular formula is C25H33FN2O4. The Kier molecular flexibility index (Phi) is 6.88. The summed E-state index contributed by atoms with van der Waals surface area (Å²) in [5.41, 5.74) is 1.15. The third-order valence-corrected chi connectivity index (χ3v) is 6.83. The summed E-state index contributed by atoms with van der Waals surface area (Å²) in [5.74, 6) is 1.45. The van der Waals surface area contributed by atoms with Gasteiger partial charge in [-0.3, -0.25) is 0 Å². The minimum atomic E-state index is -0.467. The highest BCUT2D eigenvalue weighted by atomic mass is 19.1. The third-order valence-electron chi connectivity index (χ3n) is 6.83. The van der Waals surface area contributed by atoms with E-state index in [9.17, 15) is 9.50 Å². The molecule has 2 aromatic carbocycles. The van der Waals surface area contributed by atoms with E-state index in [1.807, 2.05) is 18.2 Å². The van der Waals surface area contributed by atoms with E-state index in [1.54, 1.807) is 26.4 Å². The molecule has 4 rings (SSSR count). The molecule has 0 radical (unpaired) electrons. The molecule has 0 saturated carbocycles. The van der Waals surface area contributed by atoms with Gasteiger partial charge in [0, 0.05) is 51.2 Å². The van der Waals surface area contributed by atoms with Crippen LogP contribution < -0.4 is 19.7 Å². The summed E-state index contributed by atoms with van der Waals surface area (Å²) >= 11 is 0. The Bertz CT molecular complexity index is 927. The van der Waals surface area contributed by atoms with E-state index in [0.717, 1.165) is 17.7 Å². The molecule has 6 nitrogen and oxygen atoms in total. The van der Waals surface area contributed by atoms with Gasteiger partial charge in [0.1, 0.15) is 29.0 Å². The van der Waals surface area contributed by atoms with Crippen molar-refractivity contribution in [2.45, 2.75) is 37.5 Å². The number of aliphatic hydroxyl groups is 1. The van der Waals surface area contributed by atoms with Crippen LogP contribution in [0.4, 0.5) is 10.1 Å². The van der Waals surface area contributed by atoms with Gasteiger partial charge in [0.2, 0.25) is 0 Å². The molecule has 2 fully saturated rings. The topological polar surface area (TPSA) is 63.2 Å². The zero-order valence-corrected chi connectivity index (χ0v) is 19.0. The van der Waals surface area contributed by atoms with Crippen molar-refractivity contribution in [2.75, 3.05) is 45.4 Å². The van der Waals surface area contributed by atoms with Crippen LogP contribution >= 0.6 is 0 Å². The number of hydrogen-bond donors (Lipinski definition) is 2. The predicted octanol–water partition coefficient (Wildman–Crippen LogP) is 3.32. The number of anilines is 1. The average molecular weight is 445 g/mol. The molecular weight excluding hydrogens is 411 g/mol. The van der Waals surface area contributed by atoms with Crippen LogP contribution in [0.5, 0.6) is 11.5 Å². The normalized spacial score (nSPS) is 28.0. The van der Waals surface area contributed by atoms with Crippen LogP contribution in [-0.4, -0.2) is 57.7 Å². The highest BCUT2D eigenvalue weighted by Crippen LogP contribution is 2.36. The summed E-state index contributed by atoms with van der Waals surface area (Å²) in [6.07, 6.45) is 1.55. The van der Waals surface area contributed by atoms with Crippen LogP contribution in [0.2, 0.25) is 0 Å². The van der Waals surface area contributed by atoms with Gasteiger partial charge in [-0.15, -0.1) is 0 Å². The lowest BCUT2D eigenvalue weighted by molar-refractivity contribution is -0.000629. The van der Waals surface area contributed by atoms with Crippen molar-refractivity contribution in [1.82, 2.24) is 5.32 Å². The molecule has 2 N–H and O–H groups in total. The number of ether oxygens (including phenoxy) is 3. The summed E-state index contributed by atoms with van der Waals surface area (Å²) in [5, 5.41) is 12.8. The summed E-state index contributed by atoms with van der Waals surface area (Å²) in [6.45, 7) is 4.30. The number of halogens is 1. The monoisotopic (exact) mass is 444 g/mol. The smallest absolute Gasteiger partial charge is 0.146 e. The fourth-order valence-electron chi connectivity index (χ4n) is 4.88. The molecule has 174 valence electrons. The summed E-state index contributed by atoms with van der Waals surface area (Å²) in [4.78, 5) is 2.07. The highest BCUT2D eigenvalue weighted by molar-refractivity contribution is 5.52. The predicted molar refractivity (Wildman–Crippen MR) is 122 cm³/mol. The summed E-state index contributed by atoms with van der Waals surface area (Å²) in [7, 11) is 3.30. The van der Waals surface area contributed by atoms with Gasteiger partial charge < -0.3 is 29.5 Å². The van der Waals surface area contributed by atoms with E-state index in [2.05, 4.69) is 23.2 Å². The number of piperidine rings is 1. The molecule has 2 aliphatic rings. The van der Waals surface area contributed by atoms with Gasteiger partial charge in [-0.25, -0.2) is 4.39 Å². The van der Waals surface area contributed by atoms with Crippen LogP contribution in [0.15, 0.2) is 42.5 Å². The van der Waals surface area contributed by atoms with E-state index in [4.69, 9.17) is 14.2 Å². The molecule has 2 aromatic rings. The molecule has 0 bridgehead atoms. The molecule has 2 saturated heterocycles. The molecule has 4 atom stereocenters. The minimum absolute atomic E-state index is 0.0286. The molecule has 7 heteroatoms. The first-order valence-electron chi connectivity index (χ1n) is 11.2. The van der Waals surface area contributed by atoms with Crippen LogP contribution in [0.3, 0.4) is 0 Å². The van der Waals surface area contributed by atoms with E-state index >= 15 is 0 Å². The Morgan fingerprint density at radius 3 is 2.72 bits per heavy atom. The lowest BCUT2D eigenvalue weighted by Gasteiger charge is -2.38. The number of rotatable bonds is 7. The number of benzene rings is 2. The first-order chi connectivity index (χ1) is 15.5. The average Bonchev–Trinajstić information content (AvgIpc) is 3.26. The van der Waals surface area contributed by atoms with E-state index < -0.39 is 5.60 Å². The van der Waals surface area contributed by atoms with Crippen LogP contribution in [-0.2, 0) is 10.3 Å². The Hall–Kier alpha value is -2.35. The Morgan fingerprint density at radius 1 is 1.19 bits per heavy atom. The molecule has 2 heterocycles. The Morgan fingerprint density at radius 2 is 2.03 bits per heavy atom. The van der Waals surface area contributed by atoms with Gasteiger partial charge in [-0.1, -0.05) is 19.1 Å². The molecule has 0 spiro atoms. The van der Waals surface area contributed by atoms with E-state index in [1.165, 1.54) is 6.07 Å². The van der Waals surface area contributed by atoms with Gasteiger partial charge in [0.05, 0.1) is 19.4 Å². The summed E-state index contributed by atoms with van der Waals surface area (Å²) in [6, 6.07) is 12.9. The first kappa shape index (κ1) is 22.8. The number of aliphatic hydroxyl groups excluding tert-OH is 1. The maximum absolute atomic E-state index is 14.4. The molecule has 0 amide bonds. The molecule has 2 aliphatic heterocycles. The first-order valence-corrected chi connectivity index (χ1v) is 11.2. The largest absolute Gasteiger partial charge is 0.497 e. The lowest BCUT2D eigenvalue weighted by atomic mass is 9.90. The van der Waals surface area contributed by atoms with Gasteiger partial charge in [0.15, 0.2) is 0 Å². The van der Waals surface area contributed by atoms with E-state index in [0.29, 0.717) is 37.5 Å². The molecule has 2 unspecified atom stereocenters. The highest BCUT2D eigenvalue weighted by Gasteiger charge is 2.40. The maximum atomic E-state index is 14.4. The zero-order chi connectivity index (χ0) is 22.7. The second-order valence-corrected chi connectivity index (χ2v) is 8.88. The fraction of sp³-hybridized carbons (Fsp3) is 0.520. The van der Waals surface area contributed by atoms with Crippen molar-refractivity contribution >= 4 is 5.69 Å². The standard InChI is InChI=1S/C25H33FN2O4/c1-17-14-28(23-12-20(30-2)7-8-22(23)26)10-9-24(17)32-21-6-4-5-18(11-21)25(31-3)13-19(15-29)27-16-25/h4-8,11-12,17,19,24,27,29H,9-10,13-16H2,1-3H3/t17?,19-,24?,25+/m1/s1. The number of hydrogen-bond acceptors (Lipinski definition) is 6. The number of methoxy groups -OCH3 is 2. The fourth-order valence-corrected chi connectivity index (χ4v) is 4.88. The van der Waals surface area contributed by atoms with Crippen LogP contribution in [0.1, 0.15) is 25.3 Å². The van der Waals surface area contributed by atoms with Crippen LogP contribution in [0, 0.1) is 11.7 Å². The SMILES string of the molecule is COc1ccc(F)c(N2CCC(Oc3cccc([C@@]4(OC)CN[C@@H](CO)C4)c3)C(C)C2)c1. The van der Waals surface area contributed by atoms with E-state index in [-0.39, 0.29) is 30.5 Å². The van der Waals surface area contributed by atoms with Gasteiger partial charge in [0.25, 0.3) is 0 Å². The molecule has 32 heavy (non-hydrogen) atoms. The quantitative estimate of drug-likeness (QED) is 0.683.